The molecule has 5 heteroatoms. The summed E-state index contributed by atoms with van der Waals surface area (Å²) in [7, 11) is 0. The van der Waals surface area contributed by atoms with E-state index in [0.29, 0.717) is 16.4 Å². The standard InChI is InChI=1S/C25H22ClN3O/c26-18-8-5-9-19(16-18)28-25-21(11-6-12-27-25)24(30)23-20-10-2-1-7-17(20)15-22(23)29-13-3-4-14-29/h1-2,5-12,15-16,23H,3-4,13-14H2,(H,27,28). The number of benzene rings is 2. The molecule has 2 aromatic carbocycles. The fraction of sp³-hybridized carbons (Fsp3) is 0.200. The molecule has 1 aromatic heterocycles. The highest BCUT2D eigenvalue weighted by Gasteiger charge is 2.36. The number of pyridine rings is 1. The molecule has 1 fully saturated rings. The predicted molar refractivity (Wildman–Crippen MR) is 121 cm³/mol. The first-order valence-electron chi connectivity index (χ1n) is 10.3. The van der Waals surface area contributed by atoms with E-state index in [-0.39, 0.29) is 11.7 Å². The van der Waals surface area contributed by atoms with Gasteiger partial charge in [0, 0.05) is 35.7 Å². The summed E-state index contributed by atoms with van der Waals surface area (Å²) in [5, 5.41) is 3.91. The number of aromatic nitrogens is 1. The van der Waals surface area contributed by atoms with Crippen LogP contribution in [0, 0.1) is 0 Å². The molecule has 4 nitrogen and oxygen atoms in total. The Morgan fingerprint density at radius 3 is 2.70 bits per heavy atom. The van der Waals surface area contributed by atoms with E-state index >= 15 is 0 Å². The average Bonchev–Trinajstić information content (AvgIpc) is 3.41. The minimum atomic E-state index is -0.302. The van der Waals surface area contributed by atoms with Gasteiger partial charge in [-0.15, -0.1) is 0 Å². The summed E-state index contributed by atoms with van der Waals surface area (Å²) >= 11 is 6.12. The number of hydrogen-bond acceptors (Lipinski definition) is 4. The number of anilines is 2. The first-order valence-corrected chi connectivity index (χ1v) is 10.7. The first-order chi connectivity index (χ1) is 14.7. The van der Waals surface area contributed by atoms with Crippen LogP contribution in [0.2, 0.25) is 5.02 Å². The molecule has 1 aliphatic heterocycles. The van der Waals surface area contributed by atoms with Gasteiger partial charge in [-0.25, -0.2) is 4.98 Å². The molecule has 5 rings (SSSR count). The van der Waals surface area contributed by atoms with E-state index in [1.807, 2.05) is 48.5 Å². The number of carbonyl (C=O) groups is 1. The van der Waals surface area contributed by atoms with Crippen molar-refractivity contribution in [3.63, 3.8) is 0 Å². The molecule has 2 aliphatic rings. The Labute approximate surface area is 181 Å². The molecule has 0 bridgehead atoms. The van der Waals surface area contributed by atoms with Crippen LogP contribution in [0.15, 0.2) is 72.6 Å². The van der Waals surface area contributed by atoms with Crippen LogP contribution < -0.4 is 5.32 Å². The molecule has 0 spiro atoms. The number of carbonyl (C=O) groups excluding carboxylic acids is 1. The summed E-state index contributed by atoms with van der Waals surface area (Å²) in [4.78, 5) is 20.7. The number of halogens is 1. The Morgan fingerprint density at radius 1 is 1.03 bits per heavy atom. The Balaban J connectivity index is 1.53. The topological polar surface area (TPSA) is 45.2 Å². The van der Waals surface area contributed by atoms with Crippen molar-refractivity contribution in [2.24, 2.45) is 0 Å². The SMILES string of the molecule is O=C(c1cccnc1Nc1cccc(Cl)c1)C1C(N2CCCC2)=Cc2ccccc21. The van der Waals surface area contributed by atoms with Crippen LogP contribution in [0.3, 0.4) is 0 Å². The highest BCUT2D eigenvalue weighted by molar-refractivity contribution is 6.30. The second kappa shape index (κ2) is 7.96. The monoisotopic (exact) mass is 415 g/mol. The van der Waals surface area contributed by atoms with Crippen LogP contribution in [0.25, 0.3) is 6.08 Å². The Hall–Kier alpha value is -3.11. The number of nitrogens with zero attached hydrogens (tertiary/aromatic N) is 2. The van der Waals surface area contributed by atoms with Gasteiger partial charge < -0.3 is 10.2 Å². The zero-order valence-corrected chi connectivity index (χ0v) is 17.3. The number of hydrogen-bond donors (Lipinski definition) is 1. The van der Waals surface area contributed by atoms with E-state index in [1.54, 1.807) is 6.20 Å². The number of allylic oxidation sites excluding steroid dienone is 1. The van der Waals surface area contributed by atoms with Crippen molar-refractivity contribution < 1.29 is 4.79 Å². The molecule has 0 amide bonds. The van der Waals surface area contributed by atoms with E-state index in [2.05, 4.69) is 33.4 Å². The highest BCUT2D eigenvalue weighted by Crippen LogP contribution is 2.42. The van der Waals surface area contributed by atoms with Crippen molar-refractivity contribution in [1.29, 1.82) is 0 Å². The van der Waals surface area contributed by atoms with Gasteiger partial charge in [-0.05, 0) is 60.4 Å². The van der Waals surface area contributed by atoms with Crippen molar-refractivity contribution in [2.45, 2.75) is 18.8 Å². The Morgan fingerprint density at radius 2 is 1.87 bits per heavy atom. The predicted octanol–water partition coefficient (Wildman–Crippen LogP) is 5.90. The van der Waals surface area contributed by atoms with Gasteiger partial charge in [0.25, 0.3) is 0 Å². The van der Waals surface area contributed by atoms with Crippen LogP contribution >= 0.6 is 11.6 Å². The van der Waals surface area contributed by atoms with Crippen LogP contribution in [0.4, 0.5) is 11.5 Å². The molecular formula is C25H22ClN3O. The van der Waals surface area contributed by atoms with Gasteiger partial charge in [-0.1, -0.05) is 41.9 Å². The maximum Gasteiger partial charge on any atom is 0.179 e. The summed E-state index contributed by atoms with van der Waals surface area (Å²) < 4.78 is 0. The van der Waals surface area contributed by atoms with Gasteiger partial charge in [0.2, 0.25) is 0 Å². The maximum absolute atomic E-state index is 13.9. The van der Waals surface area contributed by atoms with E-state index in [1.165, 1.54) is 12.8 Å². The zero-order valence-electron chi connectivity index (χ0n) is 16.5. The highest BCUT2D eigenvalue weighted by atomic mass is 35.5. The van der Waals surface area contributed by atoms with Gasteiger partial charge >= 0.3 is 0 Å². The Bertz CT molecular complexity index is 1130. The number of nitrogens with one attached hydrogen (secondary N) is 1. The number of Topliss-reactive ketones (excluding diaryl/α,β-unsaturated/α-hetero) is 1. The van der Waals surface area contributed by atoms with Gasteiger partial charge in [0.05, 0.1) is 11.5 Å². The van der Waals surface area contributed by atoms with Crippen molar-refractivity contribution >= 4 is 35.0 Å². The normalized spacial score (nSPS) is 17.6. The lowest BCUT2D eigenvalue weighted by molar-refractivity contribution is 0.0964. The quantitative estimate of drug-likeness (QED) is 0.527. The minimum Gasteiger partial charge on any atom is -0.374 e. The zero-order chi connectivity index (χ0) is 20.5. The molecule has 150 valence electrons. The molecule has 1 saturated heterocycles. The number of likely N-dealkylation sites (tertiary alicyclic amines) is 1. The summed E-state index contributed by atoms with van der Waals surface area (Å²) in [6.07, 6.45) is 6.22. The molecule has 1 unspecified atom stereocenters. The van der Waals surface area contributed by atoms with Gasteiger partial charge in [0.15, 0.2) is 5.78 Å². The van der Waals surface area contributed by atoms with Crippen LogP contribution in [-0.2, 0) is 0 Å². The van der Waals surface area contributed by atoms with Crippen LogP contribution in [-0.4, -0.2) is 28.8 Å². The minimum absolute atomic E-state index is 0.0655. The molecule has 0 saturated carbocycles. The van der Waals surface area contributed by atoms with Gasteiger partial charge in [-0.2, -0.15) is 0 Å². The van der Waals surface area contributed by atoms with Crippen molar-refractivity contribution in [3.8, 4) is 0 Å². The average molecular weight is 416 g/mol. The van der Waals surface area contributed by atoms with Crippen LogP contribution in [0.1, 0.15) is 40.2 Å². The van der Waals surface area contributed by atoms with E-state index < -0.39 is 0 Å². The van der Waals surface area contributed by atoms with Crippen molar-refractivity contribution in [1.82, 2.24) is 9.88 Å². The third-order valence-corrected chi connectivity index (χ3v) is 6.04. The number of rotatable bonds is 5. The lowest BCUT2D eigenvalue weighted by Crippen LogP contribution is -2.26. The molecule has 3 aromatic rings. The maximum atomic E-state index is 13.9. The molecule has 1 aliphatic carbocycles. The molecule has 30 heavy (non-hydrogen) atoms. The Kier molecular flexibility index (Phi) is 5.01. The van der Waals surface area contributed by atoms with Gasteiger partial charge in [0.1, 0.15) is 5.82 Å². The van der Waals surface area contributed by atoms with Crippen molar-refractivity contribution in [2.75, 3.05) is 18.4 Å². The molecule has 0 radical (unpaired) electrons. The first kappa shape index (κ1) is 18.9. The fourth-order valence-corrected chi connectivity index (χ4v) is 4.58. The molecule has 1 N–H and O–H groups in total. The molecule has 2 heterocycles. The van der Waals surface area contributed by atoms with E-state index in [9.17, 15) is 4.79 Å². The van der Waals surface area contributed by atoms with Crippen LogP contribution in [0.5, 0.6) is 0 Å². The van der Waals surface area contributed by atoms with E-state index in [0.717, 1.165) is 35.6 Å². The lowest BCUT2D eigenvalue weighted by atomic mass is 9.90. The van der Waals surface area contributed by atoms with Gasteiger partial charge in [-0.3, -0.25) is 4.79 Å². The fourth-order valence-electron chi connectivity index (χ4n) is 4.39. The second-order valence-electron chi connectivity index (χ2n) is 7.72. The smallest absolute Gasteiger partial charge is 0.179 e. The summed E-state index contributed by atoms with van der Waals surface area (Å²) in [5.41, 5.74) is 4.70. The number of ketones is 1. The van der Waals surface area contributed by atoms with Crippen molar-refractivity contribution in [3.05, 3.63) is 94.3 Å². The summed E-state index contributed by atoms with van der Waals surface area (Å²) in [6, 6.07) is 19.3. The largest absolute Gasteiger partial charge is 0.374 e. The molecular weight excluding hydrogens is 394 g/mol. The lowest BCUT2D eigenvalue weighted by Gasteiger charge is -2.25. The molecule has 1 atom stereocenters. The second-order valence-corrected chi connectivity index (χ2v) is 8.16. The summed E-state index contributed by atoms with van der Waals surface area (Å²) in [6.45, 7) is 2.01. The third-order valence-electron chi connectivity index (χ3n) is 5.80. The third kappa shape index (κ3) is 3.48. The summed E-state index contributed by atoms with van der Waals surface area (Å²) in [5.74, 6) is 0.314. The number of fused-ring (bicyclic) bond motifs is 1. The van der Waals surface area contributed by atoms with E-state index in [4.69, 9.17) is 11.6 Å².